The lowest BCUT2D eigenvalue weighted by molar-refractivity contribution is 0.0951. The highest BCUT2D eigenvalue weighted by Crippen LogP contribution is 2.70. The molecule has 2 N–H and O–H groups in total. The van der Waals surface area contributed by atoms with Crippen molar-refractivity contribution in [2.45, 2.75) is 44.7 Å². The van der Waals surface area contributed by atoms with Crippen LogP contribution in [0.2, 0.25) is 0 Å². The molecule has 3 saturated carbocycles. The zero-order chi connectivity index (χ0) is 17.4. The van der Waals surface area contributed by atoms with Gasteiger partial charge >= 0.3 is 0 Å². The standard InChI is InChI=1S/C21H31N3O/c1-24(2)11-10-22-20(25)16-5-3-4-15(12-16)14-23-19-13-17-6-7-18(19)21(17)8-9-21/h3-5,12,17-19,23H,6-11,13-14H2,1-2H3,(H,22,25). The van der Waals surface area contributed by atoms with Crippen molar-refractivity contribution < 1.29 is 4.79 Å². The van der Waals surface area contributed by atoms with E-state index < -0.39 is 0 Å². The maximum absolute atomic E-state index is 12.3. The molecular formula is C21H31N3O. The summed E-state index contributed by atoms with van der Waals surface area (Å²) in [4.78, 5) is 14.4. The minimum absolute atomic E-state index is 0.0283. The molecule has 0 heterocycles. The maximum atomic E-state index is 12.3. The molecule has 136 valence electrons. The number of hydrogen-bond donors (Lipinski definition) is 2. The van der Waals surface area contributed by atoms with E-state index in [1.807, 2.05) is 32.3 Å². The van der Waals surface area contributed by atoms with Crippen molar-refractivity contribution >= 4 is 5.91 Å². The molecule has 1 aromatic carbocycles. The van der Waals surface area contributed by atoms with Gasteiger partial charge in [-0.1, -0.05) is 12.1 Å². The van der Waals surface area contributed by atoms with Crippen molar-refractivity contribution in [3.8, 4) is 0 Å². The van der Waals surface area contributed by atoms with Crippen LogP contribution < -0.4 is 10.6 Å². The Hall–Kier alpha value is -1.39. The summed E-state index contributed by atoms with van der Waals surface area (Å²) in [7, 11) is 4.03. The zero-order valence-electron chi connectivity index (χ0n) is 15.6. The smallest absolute Gasteiger partial charge is 0.251 e. The normalized spacial score (nSPS) is 28.7. The van der Waals surface area contributed by atoms with Gasteiger partial charge in [0.25, 0.3) is 5.91 Å². The highest BCUT2D eigenvalue weighted by Gasteiger charge is 2.64. The van der Waals surface area contributed by atoms with Gasteiger partial charge < -0.3 is 15.5 Å². The van der Waals surface area contributed by atoms with Gasteiger partial charge in [-0.05, 0) is 81.1 Å². The van der Waals surface area contributed by atoms with E-state index in [1.54, 1.807) is 0 Å². The van der Waals surface area contributed by atoms with E-state index >= 15 is 0 Å². The summed E-state index contributed by atoms with van der Waals surface area (Å²) in [5.41, 5.74) is 2.73. The molecule has 0 aliphatic heterocycles. The van der Waals surface area contributed by atoms with Gasteiger partial charge in [-0.2, -0.15) is 0 Å². The largest absolute Gasteiger partial charge is 0.351 e. The molecule has 1 spiro atoms. The summed E-state index contributed by atoms with van der Waals surface area (Å²) in [6.45, 7) is 2.42. The van der Waals surface area contributed by atoms with Crippen molar-refractivity contribution in [3.05, 3.63) is 35.4 Å². The van der Waals surface area contributed by atoms with Gasteiger partial charge in [-0.25, -0.2) is 0 Å². The van der Waals surface area contributed by atoms with Gasteiger partial charge in [-0.15, -0.1) is 0 Å². The summed E-state index contributed by atoms with van der Waals surface area (Å²) in [6, 6.07) is 8.77. The summed E-state index contributed by atoms with van der Waals surface area (Å²) in [5.74, 6) is 1.93. The third-order valence-corrected chi connectivity index (χ3v) is 6.83. The first-order valence-electron chi connectivity index (χ1n) is 9.84. The van der Waals surface area contributed by atoms with E-state index in [2.05, 4.69) is 21.6 Å². The van der Waals surface area contributed by atoms with Gasteiger partial charge in [0.05, 0.1) is 0 Å². The minimum Gasteiger partial charge on any atom is -0.351 e. The van der Waals surface area contributed by atoms with Crippen LogP contribution >= 0.6 is 0 Å². The molecule has 4 heteroatoms. The average Bonchev–Trinajstić information content (AvgIpc) is 3.27. The molecule has 3 unspecified atom stereocenters. The third kappa shape index (κ3) is 3.34. The Labute approximate surface area is 151 Å². The first-order chi connectivity index (χ1) is 12.1. The van der Waals surface area contributed by atoms with E-state index in [-0.39, 0.29) is 5.91 Å². The highest BCUT2D eigenvalue weighted by molar-refractivity contribution is 5.94. The monoisotopic (exact) mass is 341 g/mol. The van der Waals surface area contributed by atoms with E-state index in [9.17, 15) is 4.79 Å². The lowest BCUT2D eigenvalue weighted by Crippen LogP contribution is -2.34. The molecule has 4 nitrogen and oxygen atoms in total. The lowest BCUT2D eigenvalue weighted by Gasteiger charge is -2.24. The Morgan fingerprint density at radius 1 is 1.28 bits per heavy atom. The zero-order valence-corrected chi connectivity index (χ0v) is 15.6. The van der Waals surface area contributed by atoms with Crippen LogP contribution in [0, 0.1) is 17.3 Å². The van der Waals surface area contributed by atoms with Gasteiger partial charge in [0.2, 0.25) is 0 Å². The SMILES string of the molecule is CN(C)CCNC(=O)c1cccc(CNC2CC3CCC2C32CC2)c1. The second-order valence-electron chi connectivity index (χ2n) is 8.60. The van der Waals surface area contributed by atoms with Crippen LogP contribution in [-0.4, -0.2) is 44.0 Å². The minimum atomic E-state index is 0.0283. The Kier molecular flexibility index (Phi) is 4.59. The molecule has 4 rings (SSSR count). The van der Waals surface area contributed by atoms with E-state index in [1.165, 1.54) is 37.7 Å². The van der Waals surface area contributed by atoms with Crippen LogP contribution in [0.1, 0.15) is 48.0 Å². The molecule has 0 radical (unpaired) electrons. The molecule has 3 fully saturated rings. The molecule has 2 bridgehead atoms. The van der Waals surface area contributed by atoms with Crippen molar-refractivity contribution in [3.63, 3.8) is 0 Å². The summed E-state index contributed by atoms with van der Waals surface area (Å²) in [6.07, 6.45) is 7.21. The van der Waals surface area contributed by atoms with Crippen LogP contribution in [-0.2, 0) is 6.54 Å². The van der Waals surface area contributed by atoms with Crippen LogP contribution in [0.4, 0.5) is 0 Å². The van der Waals surface area contributed by atoms with E-state index in [0.29, 0.717) is 12.6 Å². The number of carbonyl (C=O) groups excluding carboxylic acids is 1. The summed E-state index contributed by atoms with van der Waals surface area (Å²) >= 11 is 0. The number of benzene rings is 1. The van der Waals surface area contributed by atoms with E-state index in [0.717, 1.165) is 35.9 Å². The lowest BCUT2D eigenvalue weighted by atomic mass is 9.92. The number of likely N-dealkylation sites (N-methyl/N-ethyl adjacent to an activating group) is 1. The average molecular weight is 341 g/mol. The van der Waals surface area contributed by atoms with Crippen LogP contribution in [0.15, 0.2) is 24.3 Å². The summed E-state index contributed by atoms with van der Waals surface area (Å²) < 4.78 is 0. The number of carbonyl (C=O) groups is 1. The van der Waals surface area contributed by atoms with Crippen LogP contribution in [0.25, 0.3) is 0 Å². The Bertz CT molecular complexity index is 638. The highest BCUT2D eigenvalue weighted by atomic mass is 16.1. The molecule has 0 saturated heterocycles. The molecule has 1 amide bonds. The number of hydrogen-bond acceptors (Lipinski definition) is 3. The van der Waals surface area contributed by atoms with Crippen molar-refractivity contribution in [2.75, 3.05) is 27.2 Å². The number of nitrogens with one attached hydrogen (secondary N) is 2. The van der Waals surface area contributed by atoms with Crippen LogP contribution in [0.5, 0.6) is 0 Å². The van der Waals surface area contributed by atoms with Gasteiger partial charge in [-0.3, -0.25) is 4.79 Å². The molecule has 3 aliphatic rings. The second kappa shape index (κ2) is 6.73. The molecule has 3 atom stereocenters. The van der Waals surface area contributed by atoms with Gasteiger partial charge in [0.15, 0.2) is 0 Å². The van der Waals surface area contributed by atoms with Crippen molar-refractivity contribution in [1.29, 1.82) is 0 Å². The number of nitrogens with zero attached hydrogens (tertiary/aromatic N) is 1. The predicted molar refractivity (Wildman–Crippen MR) is 100 cm³/mol. The van der Waals surface area contributed by atoms with Gasteiger partial charge in [0, 0.05) is 31.2 Å². The molecule has 25 heavy (non-hydrogen) atoms. The Morgan fingerprint density at radius 3 is 2.84 bits per heavy atom. The van der Waals surface area contributed by atoms with Crippen molar-refractivity contribution in [2.24, 2.45) is 17.3 Å². The maximum Gasteiger partial charge on any atom is 0.251 e. The topological polar surface area (TPSA) is 44.4 Å². The van der Waals surface area contributed by atoms with Crippen molar-refractivity contribution in [1.82, 2.24) is 15.5 Å². The molecule has 0 aromatic heterocycles. The first-order valence-corrected chi connectivity index (χ1v) is 9.84. The first kappa shape index (κ1) is 17.0. The molecule has 1 aromatic rings. The fraction of sp³-hybridized carbons (Fsp3) is 0.667. The summed E-state index contributed by atoms with van der Waals surface area (Å²) in [5, 5.41) is 6.81. The fourth-order valence-corrected chi connectivity index (χ4v) is 5.40. The fourth-order valence-electron chi connectivity index (χ4n) is 5.40. The Morgan fingerprint density at radius 2 is 2.12 bits per heavy atom. The van der Waals surface area contributed by atoms with Crippen LogP contribution in [0.3, 0.4) is 0 Å². The molecule has 3 aliphatic carbocycles. The van der Waals surface area contributed by atoms with Gasteiger partial charge in [0.1, 0.15) is 0 Å². The number of amides is 1. The van der Waals surface area contributed by atoms with E-state index in [4.69, 9.17) is 0 Å². The quantitative estimate of drug-likeness (QED) is 0.801. The third-order valence-electron chi connectivity index (χ3n) is 6.83. The Balaban J connectivity index is 1.31. The second-order valence-corrected chi connectivity index (χ2v) is 8.60. The molecular weight excluding hydrogens is 310 g/mol. The predicted octanol–water partition coefficient (Wildman–Crippen LogP) is 2.65. The number of rotatable bonds is 7.